The molecule has 242 valence electrons. The Morgan fingerprint density at radius 2 is 1.89 bits per heavy atom. The van der Waals surface area contributed by atoms with Crippen LogP contribution in [-0.4, -0.2) is 119 Å². The number of carbonyl (C=O) groups excluding carboxylic acids is 1. The number of likely N-dealkylation sites (tertiary alicyclic amines) is 1. The van der Waals surface area contributed by atoms with Crippen molar-refractivity contribution in [2.75, 3.05) is 69.3 Å². The van der Waals surface area contributed by atoms with Gasteiger partial charge in [0.2, 0.25) is 0 Å². The average Bonchev–Trinajstić information content (AvgIpc) is 3.05. The Hall–Kier alpha value is -4.42. The van der Waals surface area contributed by atoms with E-state index in [2.05, 4.69) is 37.2 Å². The molecule has 0 bridgehead atoms. The Morgan fingerprint density at radius 3 is 2.54 bits per heavy atom. The minimum atomic E-state index is -3.45. The van der Waals surface area contributed by atoms with E-state index in [1.807, 2.05) is 18.2 Å². The molecule has 0 spiro atoms. The van der Waals surface area contributed by atoms with Crippen molar-refractivity contribution in [3.05, 3.63) is 60.3 Å². The van der Waals surface area contributed by atoms with Crippen molar-refractivity contribution >= 4 is 23.1 Å². The summed E-state index contributed by atoms with van der Waals surface area (Å²) in [6, 6.07) is 16.9. The van der Waals surface area contributed by atoms with Gasteiger partial charge in [-0.05, 0) is 48.5 Å². The Morgan fingerprint density at radius 1 is 1.13 bits per heavy atom. The number of benzene rings is 2. The van der Waals surface area contributed by atoms with E-state index in [0.29, 0.717) is 23.2 Å². The molecule has 46 heavy (non-hydrogen) atoms. The fourth-order valence-corrected chi connectivity index (χ4v) is 5.80. The first-order chi connectivity index (χ1) is 22.2. The molecule has 0 radical (unpaired) electrons. The minimum Gasteiger partial charge on any atom is -0.483 e. The number of piperidine rings is 1. The number of alkyl halides is 2. The number of ether oxygens (including phenoxy) is 2. The third-order valence-corrected chi connectivity index (χ3v) is 8.54. The van der Waals surface area contributed by atoms with E-state index in [9.17, 15) is 23.9 Å². The van der Waals surface area contributed by atoms with Crippen LogP contribution >= 0.6 is 0 Å². The van der Waals surface area contributed by atoms with Crippen LogP contribution < -0.4 is 15.0 Å². The molecule has 2 aromatic carbocycles. The quantitative estimate of drug-likeness (QED) is 0.318. The number of nitrogens with zero attached hydrogens (tertiary/aromatic N) is 6. The topological polar surface area (TPSA) is 147 Å². The molecule has 3 aliphatic heterocycles. The molecule has 4 heterocycles. The van der Waals surface area contributed by atoms with E-state index in [1.54, 1.807) is 18.3 Å². The lowest BCUT2D eigenvalue weighted by atomic mass is 10.0. The number of carbonyl (C=O) groups is 1. The lowest BCUT2D eigenvalue weighted by Crippen LogP contribution is -2.57. The molecule has 3 aromatic rings. The van der Waals surface area contributed by atoms with Gasteiger partial charge in [-0.3, -0.25) is 9.69 Å². The number of piperazine rings is 1. The summed E-state index contributed by atoms with van der Waals surface area (Å²) in [6.45, 7) is 3.70. The summed E-state index contributed by atoms with van der Waals surface area (Å²) < 4.78 is 40.8. The lowest BCUT2D eigenvalue weighted by Gasteiger charge is -2.43. The highest BCUT2D eigenvalue weighted by atomic mass is 19.3. The van der Waals surface area contributed by atoms with E-state index >= 15 is 0 Å². The lowest BCUT2D eigenvalue weighted by molar-refractivity contribution is -0.167. The SMILES string of the molecule is N#Cc1cc(-c2nccc(Nc3ccc(N4CCN(C5COC5)CC4)cc3)n2)ccc1O[C@H]1CCN(C(=O)[C@@H](O)CO)CC1(F)F. The molecule has 3 N–H and O–H groups in total. The summed E-state index contributed by atoms with van der Waals surface area (Å²) in [5.41, 5.74) is 2.53. The number of aliphatic hydroxyl groups excluding tert-OH is 2. The maximum atomic E-state index is 14.9. The van der Waals surface area contributed by atoms with Crippen LogP contribution in [0.2, 0.25) is 0 Å². The van der Waals surface area contributed by atoms with E-state index in [-0.39, 0.29) is 24.3 Å². The molecule has 3 fully saturated rings. The summed E-state index contributed by atoms with van der Waals surface area (Å²) >= 11 is 0. The predicted octanol–water partition coefficient (Wildman–Crippen LogP) is 2.25. The van der Waals surface area contributed by atoms with Gasteiger partial charge in [0.15, 0.2) is 18.0 Å². The zero-order valence-electron chi connectivity index (χ0n) is 25.1. The summed E-state index contributed by atoms with van der Waals surface area (Å²) in [6.07, 6.45) is -1.99. The Kier molecular flexibility index (Phi) is 9.27. The maximum absolute atomic E-state index is 14.9. The molecule has 6 rings (SSSR count). The highest BCUT2D eigenvalue weighted by molar-refractivity contribution is 5.81. The molecule has 3 aliphatic rings. The van der Waals surface area contributed by atoms with Gasteiger partial charge in [0.25, 0.3) is 5.91 Å². The Labute approximate surface area is 264 Å². The number of aliphatic hydroxyl groups is 2. The molecule has 12 nitrogen and oxygen atoms in total. The summed E-state index contributed by atoms with van der Waals surface area (Å²) in [5.74, 6) is -3.57. The van der Waals surface area contributed by atoms with Crippen LogP contribution in [0.5, 0.6) is 5.75 Å². The normalized spacial score (nSPS) is 20.8. The zero-order valence-corrected chi connectivity index (χ0v) is 25.1. The minimum absolute atomic E-state index is 0.0288. The van der Waals surface area contributed by atoms with Gasteiger partial charge >= 0.3 is 5.92 Å². The average molecular weight is 636 g/mol. The summed E-state index contributed by atoms with van der Waals surface area (Å²) in [4.78, 5) is 26.6. The third-order valence-electron chi connectivity index (χ3n) is 8.54. The van der Waals surface area contributed by atoms with Crippen molar-refractivity contribution in [2.45, 2.75) is 30.6 Å². The molecule has 0 unspecified atom stereocenters. The third kappa shape index (κ3) is 6.87. The summed E-state index contributed by atoms with van der Waals surface area (Å²) in [7, 11) is 0. The summed E-state index contributed by atoms with van der Waals surface area (Å²) in [5, 5.41) is 31.6. The molecule has 1 aromatic heterocycles. The molecule has 0 aliphatic carbocycles. The monoisotopic (exact) mass is 635 g/mol. The number of rotatable bonds is 9. The van der Waals surface area contributed by atoms with Gasteiger partial charge in [-0.2, -0.15) is 5.26 Å². The predicted molar refractivity (Wildman–Crippen MR) is 164 cm³/mol. The molecule has 0 saturated carbocycles. The van der Waals surface area contributed by atoms with Gasteiger partial charge < -0.3 is 34.8 Å². The van der Waals surface area contributed by atoms with E-state index in [0.717, 1.165) is 55.7 Å². The first kappa shape index (κ1) is 31.6. The number of nitriles is 1. The smallest absolute Gasteiger partial charge is 0.301 e. The standard InChI is InChI=1S/C32H35F2N7O5/c33-32(34)20-41(31(44)26(43)17-42)10-8-28(32)46-27-6-1-21(15-22(27)16-35)30-36-9-7-29(38-30)37-23-2-4-24(5-3-23)39-11-13-40(14-12-39)25-18-45-19-25/h1-7,9,15,25-26,28,42-43H,8,10-14,17-20H2,(H,36,37,38)/t26-,28-/m0/s1. The Bertz CT molecular complexity index is 1580. The van der Waals surface area contributed by atoms with Crippen LogP contribution in [0.25, 0.3) is 11.4 Å². The van der Waals surface area contributed by atoms with Crippen LogP contribution in [0.15, 0.2) is 54.7 Å². The van der Waals surface area contributed by atoms with Gasteiger partial charge in [-0.1, -0.05) is 0 Å². The number of nitrogens with one attached hydrogen (secondary N) is 1. The number of amides is 1. The molecule has 3 saturated heterocycles. The zero-order chi connectivity index (χ0) is 32.3. The van der Waals surface area contributed by atoms with Crippen molar-refractivity contribution in [2.24, 2.45) is 0 Å². The first-order valence-electron chi connectivity index (χ1n) is 15.2. The van der Waals surface area contributed by atoms with Crippen molar-refractivity contribution in [1.29, 1.82) is 5.26 Å². The highest BCUT2D eigenvalue weighted by Crippen LogP contribution is 2.34. The van der Waals surface area contributed by atoms with Crippen LogP contribution in [0, 0.1) is 11.3 Å². The van der Waals surface area contributed by atoms with Gasteiger partial charge in [0, 0.05) is 62.3 Å². The molecular weight excluding hydrogens is 600 g/mol. The van der Waals surface area contributed by atoms with Crippen LogP contribution in [0.4, 0.5) is 26.0 Å². The maximum Gasteiger partial charge on any atom is 0.301 e. The second-order valence-electron chi connectivity index (χ2n) is 11.6. The van der Waals surface area contributed by atoms with E-state index in [4.69, 9.17) is 14.6 Å². The van der Waals surface area contributed by atoms with Gasteiger partial charge in [-0.15, -0.1) is 0 Å². The van der Waals surface area contributed by atoms with Crippen molar-refractivity contribution in [3.63, 3.8) is 0 Å². The second-order valence-corrected chi connectivity index (χ2v) is 11.6. The largest absolute Gasteiger partial charge is 0.483 e. The fourth-order valence-electron chi connectivity index (χ4n) is 5.80. The van der Waals surface area contributed by atoms with Crippen LogP contribution in [0.1, 0.15) is 12.0 Å². The molecule has 1 amide bonds. The number of hydrogen-bond acceptors (Lipinski definition) is 11. The van der Waals surface area contributed by atoms with Crippen LogP contribution in [-0.2, 0) is 9.53 Å². The van der Waals surface area contributed by atoms with Crippen molar-refractivity contribution < 1.29 is 33.3 Å². The first-order valence-corrected chi connectivity index (χ1v) is 15.2. The molecule has 14 heteroatoms. The highest BCUT2D eigenvalue weighted by Gasteiger charge is 2.48. The van der Waals surface area contributed by atoms with Crippen LogP contribution in [0.3, 0.4) is 0 Å². The number of halogens is 2. The Balaban J connectivity index is 1.08. The number of hydrogen-bond donors (Lipinski definition) is 3. The van der Waals surface area contributed by atoms with Crippen molar-refractivity contribution in [3.8, 4) is 23.2 Å². The van der Waals surface area contributed by atoms with Gasteiger partial charge in [0.1, 0.15) is 17.6 Å². The van der Waals surface area contributed by atoms with Crippen molar-refractivity contribution in [1.82, 2.24) is 19.8 Å². The molecular formula is C32H35F2N7O5. The number of anilines is 3. The van der Waals surface area contributed by atoms with Gasteiger partial charge in [0.05, 0.1) is 38.0 Å². The fraction of sp³-hybridized carbons (Fsp3) is 0.438. The van der Waals surface area contributed by atoms with E-state index in [1.165, 1.54) is 12.1 Å². The number of aromatic nitrogens is 2. The second kappa shape index (κ2) is 13.5. The molecule has 2 atom stereocenters. The van der Waals surface area contributed by atoms with E-state index < -0.39 is 37.2 Å². The van der Waals surface area contributed by atoms with Gasteiger partial charge in [-0.25, -0.2) is 18.7 Å².